The lowest BCUT2D eigenvalue weighted by Gasteiger charge is -2.17. The maximum atomic E-state index is 11.7. The summed E-state index contributed by atoms with van der Waals surface area (Å²) < 4.78 is 15.0. The van der Waals surface area contributed by atoms with Crippen LogP contribution in [0.2, 0.25) is 0 Å². The number of benzene rings is 1. The Morgan fingerprint density at radius 1 is 1.19 bits per heavy atom. The largest absolute Gasteiger partial charge is 0.493 e. The molecule has 0 saturated heterocycles. The fourth-order valence-corrected chi connectivity index (χ4v) is 1.89. The van der Waals surface area contributed by atoms with Crippen LogP contribution >= 0.6 is 11.6 Å². The first kappa shape index (κ1) is 17.1. The van der Waals surface area contributed by atoms with Crippen LogP contribution < -0.4 is 14.8 Å². The first-order chi connectivity index (χ1) is 10.0. The molecule has 0 bridgehead atoms. The normalized spacial score (nSPS) is 11.4. The summed E-state index contributed by atoms with van der Waals surface area (Å²) in [5, 5.41) is 2.51. The zero-order chi connectivity index (χ0) is 15.8. The smallest absolute Gasteiger partial charge is 0.328 e. The van der Waals surface area contributed by atoms with E-state index in [9.17, 15) is 9.59 Å². The van der Waals surface area contributed by atoms with Gasteiger partial charge in [0.25, 0.3) is 0 Å². The highest BCUT2D eigenvalue weighted by Crippen LogP contribution is 2.28. The van der Waals surface area contributed by atoms with Crippen LogP contribution in [0.4, 0.5) is 0 Å². The molecule has 0 spiro atoms. The molecule has 1 rings (SSSR count). The quantitative estimate of drug-likeness (QED) is 0.603. The fraction of sp³-hybridized carbons (Fsp3) is 0.429. The minimum absolute atomic E-state index is 0.223. The third-order valence-corrected chi connectivity index (χ3v) is 3.07. The Labute approximate surface area is 128 Å². The molecule has 0 radical (unpaired) electrons. The Kier molecular flexibility index (Phi) is 6.81. The van der Waals surface area contributed by atoms with Crippen LogP contribution in [0.15, 0.2) is 18.2 Å². The van der Waals surface area contributed by atoms with Crippen molar-refractivity contribution in [3.8, 4) is 11.5 Å². The highest BCUT2D eigenvalue weighted by molar-refractivity contribution is 6.27. The molecule has 1 amide bonds. The highest BCUT2D eigenvalue weighted by atomic mass is 35.5. The summed E-state index contributed by atoms with van der Waals surface area (Å²) in [6.45, 7) is 0. The van der Waals surface area contributed by atoms with Crippen molar-refractivity contribution in [2.45, 2.75) is 12.5 Å². The Morgan fingerprint density at radius 2 is 1.86 bits per heavy atom. The molecule has 116 valence electrons. The van der Waals surface area contributed by atoms with E-state index in [1.807, 2.05) is 0 Å². The lowest BCUT2D eigenvalue weighted by Crippen LogP contribution is -2.43. The van der Waals surface area contributed by atoms with Gasteiger partial charge in [-0.1, -0.05) is 6.07 Å². The Bertz CT molecular complexity index is 506. The SMILES string of the molecule is COC(=O)[C@H](Cc1ccc(OC)c(OC)c1)NC(=O)CCl. The summed E-state index contributed by atoms with van der Waals surface area (Å²) in [6.07, 6.45) is 0.260. The summed E-state index contributed by atoms with van der Waals surface area (Å²) >= 11 is 5.43. The number of alkyl halides is 1. The molecule has 6 nitrogen and oxygen atoms in total. The van der Waals surface area contributed by atoms with Crippen LogP contribution in [-0.4, -0.2) is 45.1 Å². The van der Waals surface area contributed by atoms with Gasteiger partial charge in [0.05, 0.1) is 21.3 Å². The number of nitrogens with one attached hydrogen (secondary N) is 1. The number of methoxy groups -OCH3 is 3. The topological polar surface area (TPSA) is 73.9 Å². The van der Waals surface area contributed by atoms with Gasteiger partial charge in [-0.3, -0.25) is 4.79 Å². The molecular formula is C14H18ClNO5. The minimum atomic E-state index is -0.806. The fourth-order valence-electron chi connectivity index (χ4n) is 1.81. The molecule has 0 saturated carbocycles. The van der Waals surface area contributed by atoms with E-state index in [1.165, 1.54) is 21.3 Å². The number of halogens is 1. The number of hydrogen-bond acceptors (Lipinski definition) is 5. The van der Waals surface area contributed by atoms with E-state index >= 15 is 0 Å². The van der Waals surface area contributed by atoms with Crippen LogP contribution in [0.3, 0.4) is 0 Å². The maximum Gasteiger partial charge on any atom is 0.328 e. The van der Waals surface area contributed by atoms with Crippen LogP contribution in [0, 0.1) is 0 Å². The van der Waals surface area contributed by atoms with Crippen molar-refractivity contribution in [2.24, 2.45) is 0 Å². The number of ether oxygens (including phenoxy) is 3. The second kappa shape index (κ2) is 8.36. The average molecular weight is 316 g/mol. The molecule has 1 atom stereocenters. The van der Waals surface area contributed by atoms with E-state index in [2.05, 4.69) is 10.1 Å². The molecule has 0 aliphatic heterocycles. The standard InChI is InChI=1S/C14H18ClNO5/c1-19-11-5-4-9(7-12(11)20-2)6-10(14(18)21-3)16-13(17)8-15/h4-5,7,10H,6,8H2,1-3H3,(H,16,17)/t10-/m0/s1. The van der Waals surface area contributed by atoms with Crippen molar-refractivity contribution in [1.82, 2.24) is 5.32 Å². The molecule has 1 aromatic carbocycles. The number of rotatable bonds is 7. The molecule has 0 aliphatic rings. The Morgan fingerprint density at radius 3 is 2.38 bits per heavy atom. The van der Waals surface area contributed by atoms with Gasteiger partial charge in [0.2, 0.25) is 5.91 Å². The lowest BCUT2D eigenvalue weighted by atomic mass is 10.1. The van der Waals surface area contributed by atoms with Gasteiger partial charge in [-0.25, -0.2) is 4.79 Å². The zero-order valence-corrected chi connectivity index (χ0v) is 12.9. The average Bonchev–Trinajstić information content (AvgIpc) is 2.52. The van der Waals surface area contributed by atoms with E-state index in [0.29, 0.717) is 11.5 Å². The summed E-state index contributed by atoms with van der Waals surface area (Å²) in [6, 6.07) is 4.44. The molecule has 0 aliphatic carbocycles. The van der Waals surface area contributed by atoms with E-state index in [1.54, 1.807) is 18.2 Å². The number of esters is 1. The van der Waals surface area contributed by atoms with Crippen molar-refractivity contribution < 1.29 is 23.8 Å². The monoisotopic (exact) mass is 315 g/mol. The number of carbonyl (C=O) groups excluding carboxylic acids is 2. The van der Waals surface area contributed by atoms with Gasteiger partial charge in [0, 0.05) is 6.42 Å². The van der Waals surface area contributed by atoms with Crippen molar-refractivity contribution >= 4 is 23.5 Å². The van der Waals surface area contributed by atoms with E-state index < -0.39 is 17.9 Å². The van der Waals surface area contributed by atoms with Crippen molar-refractivity contribution in [1.29, 1.82) is 0 Å². The van der Waals surface area contributed by atoms with Crippen LogP contribution in [0.5, 0.6) is 11.5 Å². The van der Waals surface area contributed by atoms with Gasteiger partial charge < -0.3 is 19.5 Å². The first-order valence-electron chi connectivity index (χ1n) is 6.19. The van der Waals surface area contributed by atoms with E-state index in [0.717, 1.165) is 5.56 Å². The van der Waals surface area contributed by atoms with Crippen molar-refractivity contribution in [3.63, 3.8) is 0 Å². The van der Waals surface area contributed by atoms with Gasteiger partial charge in [-0.15, -0.1) is 11.6 Å². The highest BCUT2D eigenvalue weighted by Gasteiger charge is 2.22. The molecule has 0 fully saturated rings. The van der Waals surface area contributed by atoms with Gasteiger partial charge in [-0.05, 0) is 17.7 Å². The summed E-state index contributed by atoms with van der Waals surface area (Å²) in [7, 11) is 4.32. The van der Waals surface area contributed by atoms with Crippen molar-refractivity contribution in [3.05, 3.63) is 23.8 Å². The Balaban J connectivity index is 2.92. The van der Waals surface area contributed by atoms with Crippen LogP contribution in [0.25, 0.3) is 0 Å². The third kappa shape index (κ3) is 4.82. The first-order valence-corrected chi connectivity index (χ1v) is 6.73. The van der Waals surface area contributed by atoms with Gasteiger partial charge in [-0.2, -0.15) is 0 Å². The van der Waals surface area contributed by atoms with Crippen LogP contribution in [-0.2, 0) is 20.7 Å². The summed E-state index contributed by atoms with van der Waals surface area (Å²) in [4.78, 5) is 23.1. The second-order valence-electron chi connectivity index (χ2n) is 4.17. The third-order valence-electron chi connectivity index (χ3n) is 2.83. The Hall–Kier alpha value is -1.95. The van der Waals surface area contributed by atoms with Gasteiger partial charge in [0.15, 0.2) is 11.5 Å². The zero-order valence-electron chi connectivity index (χ0n) is 12.1. The predicted octanol–water partition coefficient (Wildman–Crippen LogP) is 1.14. The second-order valence-corrected chi connectivity index (χ2v) is 4.44. The molecule has 21 heavy (non-hydrogen) atoms. The minimum Gasteiger partial charge on any atom is -0.493 e. The molecule has 1 N–H and O–H groups in total. The number of amides is 1. The summed E-state index contributed by atoms with van der Waals surface area (Å²) in [5.41, 5.74) is 0.790. The van der Waals surface area contributed by atoms with Gasteiger partial charge >= 0.3 is 5.97 Å². The van der Waals surface area contributed by atoms with Gasteiger partial charge in [0.1, 0.15) is 11.9 Å². The number of carbonyl (C=O) groups is 2. The van der Waals surface area contributed by atoms with Crippen LogP contribution in [0.1, 0.15) is 5.56 Å². The number of hydrogen-bond donors (Lipinski definition) is 1. The maximum absolute atomic E-state index is 11.7. The van der Waals surface area contributed by atoms with E-state index in [-0.39, 0.29) is 12.3 Å². The molecule has 1 aromatic rings. The molecular weight excluding hydrogens is 298 g/mol. The molecule has 0 heterocycles. The molecule has 7 heteroatoms. The van der Waals surface area contributed by atoms with Crippen molar-refractivity contribution in [2.75, 3.05) is 27.2 Å². The molecule has 0 unspecified atom stereocenters. The summed E-state index contributed by atoms with van der Waals surface area (Å²) in [5.74, 6) is -0.0712. The lowest BCUT2D eigenvalue weighted by molar-refractivity contribution is -0.144. The molecule has 0 aromatic heterocycles. The predicted molar refractivity (Wildman–Crippen MR) is 77.9 cm³/mol. The van der Waals surface area contributed by atoms with E-state index in [4.69, 9.17) is 21.1 Å².